The summed E-state index contributed by atoms with van der Waals surface area (Å²) in [7, 11) is 0. The first-order valence-corrected chi connectivity index (χ1v) is 11.2. The number of carbonyl (C=O) groups is 1. The number of carbonyl (C=O) groups excluding carboxylic acids is 1. The van der Waals surface area contributed by atoms with Gasteiger partial charge in [-0.25, -0.2) is 0 Å². The van der Waals surface area contributed by atoms with Gasteiger partial charge in [0.1, 0.15) is 5.75 Å². The van der Waals surface area contributed by atoms with Crippen molar-refractivity contribution in [3.8, 4) is 17.1 Å². The molecule has 3 rings (SSSR count). The van der Waals surface area contributed by atoms with Crippen molar-refractivity contribution in [2.24, 2.45) is 0 Å². The number of phenolic OH excluding ortho intramolecular Hbond substituents is 1. The summed E-state index contributed by atoms with van der Waals surface area (Å²) >= 11 is 4.69. The average Bonchev–Trinajstić information content (AvgIpc) is 3.11. The Bertz CT molecular complexity index is 1050. The van der Waals surface area contributed by atoms with Crippen molar-refractivity contribution in [1.82, 2.24) is 14.8 Å². The Balaban J connectivity index is 1.72. The van der Waals surface area contributed by atoms with Crippen LogP contribution in [0.3, 0.4) is 0 Å². The summed E-state index contributed by atoms with van der Waals surface area (Å²) in [6.07, 6.45) is 1.72. The molecule has 1 aromatic heterocycles. The van der Waals surface area contributed by atoms with E-state index in [0.29, 0.717) is 29.0 Å². The van der Waals surface area contributed by atoms with E-state index in [1.165, 1.54) is 17.3 Å². The van der Waals surface area contributed by atoms with Crippen LogP contribution in [0.15, 0.2) is 64.7 Å². The number of nitrogens with zero attached hydrogens (tertiary/aromatic N) is 3. The molecule has 1 heterocycles. The minimum Gasteiger partial charge on any atom is -0.507 e. The van der Waals surface area contributed by atoms with Crippen LogP contribution in [0.5, 0.6) is 5.75 Å². The Hall–Kier alpha value is -2.58. The molecule has 3 aromatic rings. The smallest absolute Gasteiger partial charge is 0.234 e. The second-order valence-electron chi connectivity index (χ2n) is 6.98. The van der Waals surface area contributed by atoms with Crippen LogP contribution in [-0.2, 0) is 11.3 Å². The van der Waals surface area contributed by atoms with Gasteiger partial charge in [0.25, 0.3) is 0 Å². The third kappa shape index (κ3) is 5.31. The predicted octanol–water partition coefficient (Wildman–Crippen LogP) is 5.45. The van der Waals surface area contributed by atoms with Gasteiger partial charge >= 0.3 is 0 Å². The number of aromatic nitrogens is 3. The summed E-state index contributed by atoms with van der Waals surface area (Å²) in [5.74, 6) is 1.12. The van der Waals surface area contributed by atoms with Crippen LogP contribution in [-0.4, -0.2) is 31.5 Å². The number of aromatic hydroxyl groups is 1. The number of phenols is 1. The van der Waals surface area contributed by atoms with Crippen molar-refractivity contribution in [2.45, 2.75) is 31.5 Å². The van der Waals surface area contributed by atoms with Gasteiger partial charge in [0.2, 0.25) is 5.91 Å². The van der Waals surface area contributed by atoms with Crippen LogP contribution in [0.25, 0.3) is 11.4 Å². The van der Waals surface area contributed by atoms with Crippen LogP contribution < -0.4 is 5.32 Å². The number of thioether (sulfide) groups is 1. The molecule has 0 atom stereocenters. The lowest BCUT2D eigenvalue weighted by Crippen LogP contribution is -2.14. The molecule has 0 radical (unpaired) electrons. The monoisotopic (exact) mass is 486 g/mol. The van der Waals surface area contributed by atoms with Crippen molar-refractivity contribution in [2.75, 3.05) is 11.1 Å². The van der Waals surface area contributed by atoms with Gasteiger partial charge < -0.3 is 10.4 Å². The molecule has 1 amide bonds. The molecular formula is C22H23BrN4O2S. The number of rotatable bonds is 8. The summed E-state index contributed by atoms with van der Waals surface area (Å²) in [5.41, 5.74) is 2.54. The first kappa shape index (κ1) is 22.1. The highest BCUT2D eigenvalue weighted by Gasteiger charge is 2.18. The predicted molar refractivity (Wildman–Crippen MR) is 125 cm³/mol. The van der Waals surface area contributed by atoms with Gasteiger partial charge in [0.05, 0.1) is 11.3 Å². The van der Waals surface area contributed by atoms with Gasteiger partial charge in [0, 0.05) is 16.7 Å². The van der Waals surface area contributed by atoms with E-state index in [-0.39, 0.29) is 17.4 Å². The first-order valence-electron chi connectivity index (χ1n) is 9.44. The summed E-state index contributed by atoms with van der Waals surface area (Å²) in [4.78, 5) is 12.4. The number of amides is 1. The van der Waals surface area contributed by atoms with Gasteiger partial charge in [-0.15, -0.1) is 16.8 Å². The fraction of sp³-hybridized carbons (Fsp3) is 0.227. The van der Waals surface area contributed by atoms with Crippen LogP contribution in [0, 0.1) is 0 Å². The molecule has 0 aliphatic heterocycles. The lowest BCUT2D eigenvalue weighted by atomic mass is 10.0. The second-order valence-corrected chi connectivity index (χ2v) is 8.84. The third-order valence-electron chi connectivity index (χ3n) is 4.42. The van der Waals surface area contributed by atoms with Crippen molar-refractivity contribution in [1.29, 1.82) is 0 Å². The normalized spacial score (nSPS) is 10.9. The van der Waals surface area contributed by atoms with Crippen molar-refractivity contribution < 1.29 is 9.90 Å². The Morgan fingerprint density at radius 2 is 2.00 bits per heavy atom. The van der Waals surface area contributed by atoms with E-state index in [1.807, 2.05) is 28.8 Å². The molecule has 0 spiro atoms. The van der Waals surface area contributed by atoms with Crippen LogP contribution in [0.4, 0.5) is 5.69 Å². The highest BCUT2D eigenvalue weighted by atomic mass is 79.9. The fourth-order valence-corrected chi connectivity index (χ4v) is 3.96. The van der Waals surface area contributed by atoms with Gasteiger partial charge in [0.15, 0.2) is 11.0 Å². The molecule has 8 heteroatoms. The quantitative estimate of drug-likeness (QED) is 0.326. The number of halogens is 1. The lowest BCUT2D eigenvalue weighted by molar-refractivity contribution is -0.113. The molecule has 30 heavy (non-hydrogen) atoms. The highest BCUT2D eigenvalue weighted by Crippen LogP contribution is 2.32. The van der Waals surface area contributed by atoms with E-state index in [2.05, 4.69) is 51.9 Å². The van der Waals surface area contributed by atoms with Gasteiger partial charge in [-0.2, -0.15) is 0 Å². The Kier molecular flexibility index (Phi) is 7.33. The van der Waals surface area contributed by atoms with Gasteiger partial charge in [-0.1, -0.05) is 59.7 Å². The maximum atomic E-state index is 12.4. The van der Waals surface area contributed by atoms with E-state index in [0.717, 1.165) is 10.2 Å². The molecule has 0 aliphatic rings. The first-order chi connectivity index (χ1) is 14.4. The van der Waals surface area contributed by atoms with E-state index >= 15 is 0 Å². The summed E-state index contributed by atoms with van der Waals surface area (Å²) in [6.45, 7) is 8.50. The van der Waals surface area contributed by atoms with E-state index < -0.39 is 0 Å². The lowest BCUT2D eigenvalue weighted by Gasteiger charge is -2.10. The Morgan fingerprint density at radius 1 is 1.27 bits per heavy atom. The standard InChI is InChI=1S/C22H23BrN4O2S/c1-4-11-27-21(18-12-16(23)7-10-19(18)28)25-26-22(27)30-13-20(29)24-17-8-5-15(6-9-17)14(2)3/h4-10,12,14,28H,1,11,13H2,2-3H3,(H,24,29). The largest absolute Gasteiger partial charge is 0.507 e. The molecule has 0 saturated heterocycles. The maximum absolute atomic E-state index is 12.4. The molecule has 0 saturated carbocycles. The van der Waals surface area contributed by atoms with E-state index in [9.17, 15) is 9.90 Å². The number of anilines is 1. The Morgan fingerprint density at radius 3 is 2.67 bits per heavy atom. The van der Waals surface area contributed by atoms with Gasteiger partial charge in [-0.3, -0.25) is 9.36 Å². The highest BCUT2D eigenvalue weighted by molar-refractivity contribution is 9.10. The zero-order valence-electron chi connectivity index (χ0n) is 16.8. The molecular weight excluding hydrogens is 464 g/mol. The van der Waals surface area contributed by atoms with E-state index in [4.69, 9.17) is 0 Å². The van der Waals surface area contributed by atoms with Crippen LogP contribution in [0.1, 0.15) is 25.3 Å². The zero-order chi connectivity index (χ0) is 21.7. The SMILES string of the molecule is C=CCn1c(SCC(=O)Nc2ccc(C(C)C)cc2)nnc1-c1cc(Br)ccc1O. The molecule has 156 valence electrons. The minimum absolute atomic E-state index is 0.107. The Labute approximate surface area is 188 Å². The number of allylic oxidation sites excluding steroid dienone is 1. The van der Waals surface area contributed by atoms with Crippen molar-refractivity contribution in [3.05, 3.63) is 65.2 Å². The average molecular weight is 487 g/mol. The molecule has 0 bridgehead atoms. The number of hydrogen-bond donors (Lipinski definition) is 2. The van der Waals surface area contributed by atoms with Crippen molar-refractivity contribution >= 4 is 39.3 Å². The van der Waals surface area contributed by atoms with Crippen LogP contribution >= 0.6 is 27.7 Å². The summed E-state index contributed by atoms with van der Waals surface area (Å²) in [6, 6.07) is 13.0. The number of benzene rings is 2. The molecule has 0 fully saturated rings. The third-order valence-corrected chi connectivity index (χ3v) is 5.88. The fourth-order valence-electron chi connectivity index (χ4n) is 2.85. The van der Waals surface area contributed by atoms with Crippen molar-refractivity contribution in [3.63, 3.8) is 0 Å². The summed E-state index contributed by atoms with van der Waals surface area (Å²) < 4.78 is 2.64. The molecule has 2 aromatic carbocycles. The molecule has 0 unspecified atom stereocenters. The van der Waals surface area contributed by atoms with Gasteiger partial charge in [-0.05, 0) is 41.8 Å². The minimum atomic E-state index is -0.127. The second kappa shape index (κ2) is 9.95. The maximum Gasteiger partial charge on any atom is 0.234 e. The number of nitrogens with one attached hydrogen (secondary N) is 1. The molecule has 0 aliphatic carbocycles. The topological polar surface area (TPSA) is 80.0 Å². The van der Waals surface area contributed by atoms with E-state index in [1.54, 1.807) is 24.3 Å². The zero-order valence-corrected chi connectivity index (χ0v) is 19.2. The summed E-state index contributed by atoms with van der Waals surface area (Å²) in [5, 5.41) is 22.1. The molecule has 2 N–H and O–H groups in total. The molecule has 6 nitrogen and oxygen atoms in total. The van der Waals surface area contributed by atoms with Crippen LogP contribution in [0.2, 0.25) is 0 Å². The number of hydrogen-bond acceptors (Lipinski definition) is 5.